The van der Waals surface area contributed by atoms with Gasteiger partial charge in [0.05, 0.1) is 0 Å². The lowest BCUT2D eigenvalue weighted by Crippen LogP contribution is -2.00. The first-order valence-electron chi connectivity index (χ1n) is 3.03. The summed E-state index contributed by atoms with van der Waals surface area (Å²) in [5.74, 6) is 0. The Labute approximate surface area is 56.3 Å². The van der Waals surface area contributed by atoms with Crippen LogP contribution in [0.3, 0.4) is 0 Å². The number of methoxy groups -OCH3 is 2. The third kappa shape index (κ3) is 7.88. The van der Waals surface area contributed by atoms with Gasteiger partial charge in [0.25, 0.3) is 0 Å². The Kier molecular flexibility index (Phi) is 7.77. The average Bonchev–Trinajstić information content (AvgIpc) is 1.89. The summed E-state index contributed by atoms with van der Waals surface area (Å²) in [7, 11) is 3.34. The first-order chi connectivity index (χ1) is 4.41. The van der Waals surface area contributed by atoms with Gasteiger partial charge in [0.15, 0.2) is 0 Å². The summed E-state index contributed by atoms with van der Waals surface area (Å²) in [6.45, 7) is 2.98. The Bertz CT molecular complexity index is 44.3. The van der Waals surface area contributed by atoms with Crippen LogP contribution in [0.15, 0.2) is 0 Å². The van der Waals surface area contributed by atoms with Gasteiger partial charge < -0.3 is 14.8 Å². The molecular weight excluding hydrogens is 118 g/mol. The fourth-order valence-electron chi connectivity index (χ4n) is 0.423. The molecule has 0 unspecified atom stereocenters. The molecule has 0 heterocycles. The maximum atomic E-state index is 4.79. The van der Waals surface area contributed by atoms with E-state index in [-0.39, 0.29) is 0 Å². The van der Waals surface area contributed by atoms with Gasteiger partial charge in [-0.25, -0.2) is 0 Å². The van der Waals surface area contributed by atoms with Crippen LogP contribution >= 0.6 is 0 Å². The van der Waals surface area contributed by atoms with Crippen molar-refractivity contribution >= 4 is 0 Å². The van der Waals surface area contributed by atoms with Crippen molar-refractivity contribution in [2.24, 2.45) is 0 Å². The fourth-order valence-corrected chi connectivity index (χ4v) is 0.423. The Hall–Kier alpha value is -0.120. The maximum absolute atomic E-state index is 4.79. The van der Waals surface area contributed by atoms with Gasteiger partial charge in [-0.15, -0.1) is 13.1 Å². The van der Waals surface area contributed by atoms with Gasteiger partial charge in [0.1, 0.15) is 0 Å². The summed E-state index contributed by atoms with van der Waals surface area (Å²) >= 11 is 0. The lowest BCUT2D eigenvalue weighted by molar-refractivity contribution is 0.201. The Balaban J connectivity index is 2.60. The van der Waals surface area contributed by atoms with Crippen LogP contribution in [0.5, 0.6) is 0 Å². The second-order valence-electron chi connectivity index (χ2n) is 1.66. The number of nitrogens with zero attached hydrogens (tertiary/aromatic N) is 1. The second-order valence-corrected chi connectivity index (χ2v) is 1.66. The second kappa shape index (κ2) is 7.88. The van der Waals surface area contributed by atoms with Crippen molar-refractivity contribution in [3.63, 3.8) is 0 Å². The summed E-state index contributed by atoms with van der Waals surface area (Å²) in [6, 6.07) is 0. The van der Waals surface area contributed by atoms with Gasteiger partial charge in [-0.05, 0) is 0 Å². The smallest absolute Gasteiger partial charge is 0.0354 e. The highest BCUT2D eigenvalue weighted by Gasteiger charge is 1.71. The van der Waals surface area contributed by atoms with Gasteiger partial charge in [0, 0.05) is 27.4 Å². The molecule has 0 aliphatic carbocycles. The molecule has 0 aliphatic rings. The predicted molar refractivity (Wildman–Crippen MR) is 36.8 cm³/mol. The van der Waals surface area contributed by atoms with E-state index >= 15 is 0 Å². The van der Waals surface area contributed by atoms with Crippen LogP contribution in [0.25, 0.3) is 5.32 Å². The third-order valence-corrected chi connectivity index (χ3v) is 0.907. The molecule has 0 N–H and O–H groups in total. The molecule has 0 bridgehead atoms. The van der Waals surface area contributed by atoms with Crippen LogP contribution in [0.4, 0.5) is 0 Å². The first-order valence-corrected chi connectivity index (χ1v) is 3.03. The predicted octanol–water partition coefficient (Wildman–Crippen LogP) is 0.653. The van der Waals surface area contributed by atoms with Gasteiger partial charge in [-0.1, -0.05) is 0 Å². The molecule has 56 valence electrons. The number of rotatable bonds is 6. The molecule has 0 fully saturated rings. The molecule has 0 amide bonds. The van der Waals surface area contributed by atoms with E-state index in [0.717, 1.165) is 13.1 Å². The standard InChI is InChI=1S/C6H14NO2/c1-8-5-3-7-4-6-9-2/h3-6H2,1-2H3/q-1. The van der Waals surface area contributed by atoms with Crippen LogP contribution < -0.4 is 0 Å². The molecule has 0 saturated carbocycles. The SMILES string of the molecule is COCC[N-]CCOC. The average molecular weight is 132 g/mol. The summed E-state index contributed by atoms with van der Waals surface area (Å²) in [5.41, 5.74) is 0. The van der Waals surface area contributed by atoms with Gasteiger partial charge in [0.2, 0.25) is 0 Å². The minimum absolute atomic E-state index is 0.712. The van der Waals surface area contributed by atoms with Crippen LogP contribution in [0.2, 0.25) is 0 Å². The number of hydrogen-bond acceptors (Lipinski definition) is 2. The number of ether oxygens (including phenoxy) is 2. The molecule has 9 heavy (non-hydrogen) atoms. The Morgan fingerprint density at radius 2 is 1.44 bits per heavy atom. The zero-order chi connectivity index (χ0) is 6.95. The van der Waals surface area contributed by atoms with Crippen molar-refractivity contribution in [2.75, 3.05) is 40.5 Å². The lowest BCUT2D eigenvalue weighted by Gasteiger charge is -2.16. The zero-order valence-electron chi connectivity index (χ0n) is 6.09. The van der Waals surface area contributed by atoms with E-state index in [0.29, 0.717) is 13.2 Å². The monoisotopic (exact) mass is 132 g/mol. The van der Waals surface area contributed by atoms with Gasteiger partial charge >= 0.3 is 0 Å². The quantitative estimate of drug-likeness (QED) is 0.497. The molecule has 0 spiro atoms. The van der Waals surface area contributed by atoms with Crippen molar-refractivity contribution in [2.45, 2.75) is 0 Å². The maximum Gasteiger partial charge on any atom is 0.0354 e. The topological polar surface area (TPSA) is 32.6 Å². The molecule has 0 aliphatic heterocycles. The van der Waals surface area contributed by atoms with Crippen LogP contribution in [0.1, 0.15) is 0 Å². The summed E-state index contributed by atoms with van der Waals surface area (Å²) in [6.07, 6.45) is 0. The van der Waals surface area contributed by atoms with Gasteiger partial charge in [-0.3, -0.25) is 0 Å². The van der Waals surface area contributed by atoms with Crippen LogP contribution in [-0.4, -0.2) is 40.5 Å². The fraction of sp³-hybridized carbons (Fsp3) is 1.00. The normalized spacial score (nSPS) is 10.0. The van der Waals surface area contributed by atoms with Crippen molar-refractivity contribution in [3.8, 4) is 0 Å². The highest BCUT2D eigenvalue weighted by Crippen LogP contribution is 1.84. The molecule has 0 radical (unpaired) electrons. The zero-order valence-corrected chi connectivity index (χ0v) is 6.09. The van der Waals surface area contributed by atoms with E-state index in [1.165, 1.54) is 0 Å². The van der Waals surface area contributed by atoms with E-state index in [9.17, 15) is 0 Å². The van der Waals surface area contributed by atoms with Crippen molar-refractivity contribution in [3.05, 3.63) is 5.32 Å². The van der Waals surface area contributed by atoms with E-state index < -0.39 is 0 Å². The molecule has 3 nitrogen and oxygen atoms in total. The molecule has 0 aromatic heterocycles. The van der Waals surface area contributed by atoms with Crippen LogP contribution in [0, 0.1) is 0 Å². The van der Waals surface area contributed by atoms with Crippen molar-refractivity contribution in [1.29, 1.82) is 0 Å². The lowest BCUT2D eigenvalue weighted by atomic mass is 10.6. The van der Waals surface area contributed by atoms with Crippen molar-refractivity contribution < 1.29 is 9.47 Å². The third-order valence-electron chi connectivity index (χ3n) is 0.907. The minimum atomic E-state index is 0.712. The Morgan fingerprint density at radius 3 is 1.78 bits per heavy atom. The molecule has 0 saturated heterocycles. The molecule has 0 atom stereocenters. The largest absolute Gasteiger partial charge is 0.659 e. The summed E-state index contributed by atoms with van der Waals surface area (Å²) < 4.78 is 9.57. The molecule has 3 heteroatoms. The van der Waals surface area contributed by atoms with E-state index in [4.69, 9.17) is 9.47 Å². The number of hydrogen-bond donors (Lipinski definition) is 0. The van der Waals surface area contributed by atoms with E-state index in [1.807, 2.05) is 0 Å². The Morgan fingerprint density at radius 1 is 1.00 bits per heavy atom. The highest BCUT2D eigenvalue weighted by molar-refractivity contribution is 4.77. The van der Waals surface area contributed by atoms with Crippen molar-refractivity contribution in [1.82, 2.24) is 0 Å². The van der Waals surface area contributed by atoms with E-state index in [1.54, 1.807) is 14.2 Å². The van der Waals surface area contributed by atoms with Crippen LogP contribution in [-0.2, 0) is 9.47 Å². The first kappa shape index (κ1) is 8.88. The molecule has 0 aromatic rings. The van der Waals surface area contributed by atoms with E-state index in [2.05, 4.69) is 5.32 Å². The minimum Gasteiger partial charge on any atom is -0.659 e. The molecular formula is C6H14NO2-. The van der Waals surface area contributed by atoms with Gasteiger partial charge in [-0.2, -0.15) is 0 Å². The summed E-state index contributed by atoms with van der Waals surface area (Å²) in [4.78, 5) is 0. The summed E-state index contributed by atoms with van der Waals surface area (Å²) in [5, 5.41) is 4.10. The molecule has 0 rings (SSSR count). The highest BCUT2D eigenvalue weighted by atomic mass is 16.5. The molecule has 0 aromatic carbocycles.